The van der Waals surface area contributed by atoms with Crippen molar-refractivity contribution in [1.82, 2.24) is 20.3 Å². The quantitative estimate of drug-likeness (QED) is 0.472. The van der Waals surface area contributed by atoms with E-state index in [-0.39, 0.29) is 12.3 Å². The van der Waals surface area contributed by atoms with Crippen LogP contribution in [0.2, 0.25) is 0 Å². The molecule has 10 heteroatoms. The summed E-state index contributed by atoms with van der Waals surface area (Å²) in [6.07, 6.45) is -1.28. The van der Waals surface area contributed by atoms with Gasteiger partial charge in [-0.15, -0.1) is 0 Å². The second-order valence-corrected chi connectivity index (χ2v) is 6.78. The average Bonchev–Trinajstić information content (AvgIpc) is 2.71. The molecule has 3 rings (SSSR count). The summed E-state index contributed by atoms with van der Waals surface area (Å²) < 4.78 is 37.7. The van der Waals surface area contributed by atoms with Gasteiger partial charge >= 0.3 is 6.18 Å². The molecule has 0 spiro atoms. The molecule has 0 aliphatic carbocycles. The first-order valence-corrected chi connectivity index (χ1v) is 9.48. The summed E-state index contributed by atoms with van der Waals surface area (Å²) in [5.74, 6) is 1.53. The van der Waals surface area contributed by atoms with Crippen LogP contribution in [-0.2, 0) is 17.4 Å². The summed E-state index contributed by atoms with van der Waals surface area (Å²) in [6.45, 7) is 2.70. The maximum atomic E-state index is 12.6. The third-order valence-electron chi connectivity index (χ3n) is 4.24. The lowest BCUT2D eigenvalue weighted by molar-refractivity contribution is -0.137. The van der Waals surface area contributed by atoms with Gasteiger partial charge in [0.25, 0.3) is 0 Å². The van der Waals surface area contributed by atoms with Gasteiger partial charge in [-0.25, -0.2) is 15.0 Å². The normalized spacial score (nSPS) is 11.1. The fourth-order valence-corrected chi connectivity index (χ4v) is 2.71. The molecule has 3 N–H and O–H groups in total. The van der Waals surface area contributed by atoms with Gasteiger partial charge in [0, 0.05) is 25.4 Å². The maximum absolute atomic E-state index is 12.6. The Morgan fingerprint density at radius 1 is 0.935 bits per heavy atom. The van der Waals surface area contributed by atoms with Crippen LogP contribution in [-0.4, -0.2) is 33.9 Å². The SMILES string of the molecule is Cc1ccnc(Nc2cc(NCCNC(=O)Cc3ccc(C(F)(F)F)cc3)ncn2)c1. The maximum Gasteiger partial charge on any atom is 0.416 e. The predicted octanol–water partition coefficient (Wildman–Crippen LogP) is 3.71. The number of aromatic nitrogens is 3. The first kappa shape index (κ1) is 22.0. The smallest absolute Gasteiger partial charge is 0.368 e. The second kappa shape index (κ2) is 9.88. The molecule has 0 atom stereocenters. The standard InChI is InChI=1S/C21H21F3N6O/c1-14-6-7-25-18(10-14)30-19-12-17(28-13-29-19)26-8-9-27-20(31)11-15-2-4-16(5-3-15)21(22,23)24/h2-7,10,12-13H,8-9,11H2,1H3,(H,27,31)(H2,25,26,28,29,30). The van der Waals surface area contributed by atoms with E-state index in [1.165, 1.54) is 18.5 Å². The summed E-state index contributed by atoms with van der Waals surface area (Å²) >= 11 is 0. The molecule has 2 heterocycles. The summed E-state index contributed by atoms with van der Waals surface area (Å²) in [5.41, 5.74) is 0.837. The Labute approximate surface area is 177 Å². The zero-order valence-corrected chi connectivity index (χ0v) is 16.7. The van der Waals surface area contributed by atoms with E-state index in [0.29, 0.717) is 36.1 Å². The highest BCUT2D eigenvalue weighted by Gasteiger charge is 2.29. The van der Waals surface area contributed by atoms with E-state index in [2.05, 4.69) is 30.9 Å². The Bertz CT molecular complexity index is 1020. The zero-order chi connectivity index (χ0) is 22.3. The van der Waals surface area contributed by atoms with Gasteiger partial charge < -0.3 is 16.0 Å². The third kappa shape index (κ3) is 6.95. The number of anilines is 3. The topological polar surface area (TPSA) is 91.8 Å². The first-order chi connectivity index (χ1) is 14.8. The Balaban J connectivity index is 1.42. The lowest BCUT2D eigenvalue weighted by Crippen LogP contribution is -2.30. The van der Waals surface area contributed by atoms with Gasteiger partial charge in [0.05, 0.1) is 12.0 Å². The minimum atomic E-state index is -4.39. The van der Waals surface area contributed by atoms with Crippen LogP contribution < -0.4 is 16.0 Å². The van der Waals surface area contributed by atoms with Crippen molar-refractivity contribution in [3.05, 3.63) is 71.7 Å². The van der Waals surface area contributed by atoms with E-state index >= 15 is 0 Å². The highest BCUT2D eigenvalue weighted by atomic mass is 19.4. The lowest BCUT2D eigenvalue weighted by atomic mass is 10.1. The minimum Gasteiger partial charge on any atom is -0.368 e. The number of hydrogen-bond donors (Lipinski definition) is 3. The van der Waals surface area contributed by atoms with Crippen molar-refractivity contribution < 1.29 is 18.0 Å². The molecule has 1 amide bonds. The van der Waals surface area contributed by atoms with Gasteiger partial charge in [-0.2, -0.15) is 13.2 Å². The Hall–Kier alpha value is -3.69. The summed E-state index contributed by atoms with van der Waals surface area (Å²) in [4.78, 5) is 24.5. The summed E-state index contributed by atoms with van der Waals surface area (Å²) in [5, 5.41) is 8.88. The monoisotopic (exact) mass is 430 g/mol. The van der Waals surface area contributed by atoms with E-state index in [1.807, 2.05) is 19.1 Å². The number of halogens is 3. The van der Waals surface area contributed by atoms with Crippen molar-refractivity contribution in [2.75, 3.05) is 23.7 Å². The van der Waals surface area contributed by atoms with Crippen molar-refractivity contribution in [3.63, 3.8) is 0 Å². The Morgan fingerprint density at radius 3 is 2.35 bits per heavy atom. The average molecular weight is 430 g/mol. The molecule has 0 radical (unpaired) electrons. The minimum absolute atomic E-state index is 0.00318. The van der Waals surface area contributed by atoms with E-state index in [1.54, 1.807) is 12.3 Å². The molecule has 162 valence electrons. The van der Waals surface area contributed by atoms with E-state index in [0.717, 1.165) is 17.7 Å². The van der Waals surface area contributed by atoms with Crippen LogP contribution in [0, 0.1) is 6.92 Å². The van der Waals surface area contributed by atoms with Crippen LogP contribution >= 0.6 is 0 Å². The molecule has 0 saturated heterocycles. The summed E-state index contributed by atoms with van der Waals surface area (Å²) in [7, 11) is 0. The van der Waals surface area contributed by atoms with Crippen LogP contribution in [0.4, 0.5) is 30.6 Å². The van der Waals surface area contributed by atoms with Crippen molar-refractivity contribution in [3.8, 4) is 0 Å². The number of rotatable bonds is 8. The molecule has 3 aromatic rings. The number of nitrogens with one attached hydrogen (secondary N) is 3. The Morgan fingerprint density at radius 2 is 1.65 bits per heavy atom. The summed E-state index contributed by atoms with van der Waals surface area (Å²) in [6, 6.07) is 10.0. The van der Waals surface area contributed by atoms with Crippen molar-refractivity contribution >= 4 is 23.4 Å². The van der Waals surface area contributed by atoms with E-state index < -0.39 is 11.7 Å². The first-order valence-electron chi connectivity index (χ1n) is 9.48. The third-order valence-corrected chi connectivity index (χ3v) is 4.24. The van der Waals surface area contributed by atoms with Gasteiger partial charge in [-0.05, 0) is 42.3 Å². The van der Waals surface area contributed by atoms with Crippen LogP contribution in [0.5, 0.6) is 0 Å². The number of carbonyl (C=O) groups excluding carboxylic acids is 1. The second-order valence-electron chi connectivity index (χ2n) is 6.78. The molecule has 0 unspecified atom stereocenters. The molecule has 0 aliphatic rings. The molecule has 0 saturated carbocycles. The van der Waals surface area contributed by atoms with Gasteiger partial charge in [-0.3, -0.25) is 4.79 Å². The van der Waals surface area contributed by atoms with Crippen LogP contribution in [0.3, 0.4) is 0 Å². The predicted molar refractivity (Wildman–Crippen MR) is 111 cm³/mol. The number of carbonyl (C=O) groups is 1. The van der Waals surface area contributed by atoms with Gasteiger partial charge in [0.2, 0.25) is 5.91 Å². The number of benzene rings is 1. The van der Waals surface area contributed by atoms with E-state index in [4.69, 9.17) is 0 Å². The van der Waals surface area contributed by atoms with Gasteiger partial charge in [0.15, 0.2) is 0 Å². The van der Waals surface area contributed by atoms with Crippen LogP contribution in [0.1, 0.15) is 16.7 Å². The molecular formula is C21H21F3N6O. The fourth-order valence-electron chi connectivity index (χ4n) is 2.71. The highest BCUT2D eigenvalue weighted by Crippen LogP contribution is 2.29. The zero-order valence-electron chi connectivity index (χ0n) is 16.7. The molecule has 1 aromatic carbocycles. The number of alkyl halides is 3. The highest BCUT2D eigenvalue weighted by molar-refractivity contribution is 5.78. The number of aryl methyl sites for hydroxylation is 1. The fraction of sp³-hybridized carbons (Fsp3) is 0.238. The number of nitrogens with zero attached hydrogens (tertiary/aromatic N) is 3. The van der Waals surface area contributed by atoms with E-state index in [9.17, 15) is 18.0 Å². The van der Waals surface area contributed by atoms with Crippen molar-refractivity contribution in [2.45, 2.75) is 19.5 Å². The number of hydrogen-bond acceptors (Lipinski definition) is 6. The molecule has 0 bridgehead atoms. The van der Waals surface area contributed by atoms with Gasteiger partial charge in [0.1, 0.15) is 23.8 Å². The molecule has 31 heavy (non-hydrogen) atoms. The molecule has 2 aromatic heterocycles. The molecule has 0 aliphatic heterocycles. The molecule has 0 fully saturated rings. The van der Waals surface area contributed by atoms with Crippen molar-refractivity contribution in [2.24, 2.45) is 0 Å². The Kier molecular flexibility index (Phi) is 7.01. The van der Waals surface area contributed by atoms with Crippen molar-refractivity contribution in [1.29, 1.82) is 0 Å². The number of pyridine rings is 1. The molecule has 7 nitrogen and oxygen atoms in total. The van der Waals surface area contributed by atoms with Gasteiger partial charge in [-0.1, -0.05) is 12.1 Å². The van der Waals surface area contributed by atoms with Crippen LogP contribution in [0.15, 0.2) is 55.0 Å². The number of amides is 1. The largest absolute Gasteiger partial charge is 0.416 e. The van der Waals surface area contributed by atoms with Crippen LogP contribution in [0.25, 0.3) is 0 Å². The lowest BCUT2D eigenvalue weighted by Gasteiger charge is -2.10. The molecular weight excluding hydrogens is 409 g/mol.